The Kier molecular flexibility index (Phi) is 4.41. The zero-order valence-corrected chi connectivity index (χ0v) is 13.5. The lowest BCUT2D eigenvalue weighted by Crippen LogP contribution is -2.35. The van der Waals surface area contributed by atoms with Crippen molar-refractivity contribution in [3.63, 3.8) is 0 Å². The molecule has 7 heteroatoms. The molecule has 7 nitrogen and oxygen atoms in total. The van der Waals surface area contributed by atoms with Gasteiger partial charge in [-0.2, -0.15) is 0 Å². The van der Waals surface area contributed by atoms with Crippen LogP contribution in [-0.2, 0) is 16.1 Å². The van der Waals surface area contributed by atoms with Gasteiger partial charge in [-0.15, -0.1) is 0 Å². The third-order valence-corrected chi connectivity index (χ3v) is 3.89. The topological polar surface area (TPSA) is 93.2 Å². The fourth-order valence-electron chi connectivity index (χ4n) is 2.61. The Balaban J connectivity index is 1.77. The fourth-order valence-corrected chi connectivity index (χ4v) is 2.61. The number of fused-ring (bicyclic) bond motifs is 1. The van der Waals surface area contributed by atoms with Crippen LogP contribution in [0.25, 0.3) is 0 Å². The van der Waals surface area contributed by atoms with E-state index < -0.39 is 5.92 Å². The van der Waals surface area contributed by atoms with E-state index in [4.69, 9.17) is 4.74 Å². The minimum absolute atomic E-state index is 0.103. The average Bonchev–Trinajstić information content (AvgIpc) is 2.59. The summed E-state index contributed by atoms with van der Waals surface area (Å²) in [6.07, 6.45) is 3.38. The van der Waals surface area contributed by atoms with Gasteiger partial charge in [-0.25, -0.2) is 0 Å². The van der Waals surface area contributed by atoms with Crippen LogP contribution in [0.3, 0.4) is 0 Å². The number of nitrogens with zero attached hydrogens (tertiary/aromatic N) is 2. The van der Waals surface area contributed by atoms with Gasteiger partial charge in [0.2, 0.25) is 11.8 Å². The number of hydrogen-bond acceptors (Lipinski definition) is 5. The Morgan fingerprint density at radius 1 is 1.38 bits per heavy atom. The van der Waals surface area contributed by atoms with Crippen molar-refractivity contribution in [1.29, 1.82) is 0 Å². The van der Waals surface area contributed by atoms with E-state index in [9.17, 15) is 9.59 Å². The maximum atomic E-state index is 12.6. The lowest BCUT2D eigenvalue weighted by Gasteiger charge is -2.25. The molecule has 2 N–H and O–H groups in total. The normalized spacial score (nSPS) is 16.1. The second-order valence-electron chi connectivity index (χ2n) is 5.62. The lowest BCUT2D eigenvalue weighted by molar-refractivity contribution is -0.126. The van der Waals surface area contributed by atoms with Gasteiger partial charge in [0, 0.05) is 18.3 Å². The number of carbonyl (C=O) groups excluding carboxylic acids is 2. The van der Waals surface area contributed by atoms with Gasteiger partial charge in [0.15, 0.2) is 0 Å². The maximum absolute atomic E-state index is 12.6. The van der Waals surface area contributed by atoms with Crippen LogP contribution in [0.1, 0.15) is 29.3 Å². The molecule has 0 spiro atoms. The second-order valence-corrected chi connectivity index (χ2v) is 5.62. The summed E-state index contributed by atoms with van der Waals surface area (Å²) in [5.41, 5.74) is 2.87. The van der Waals surface area contributed by atoms with Gasteiger partial charge >= 0.3 is 0 Å². The monoisotopic (exact) mass is 326 g/mol. The largest absolute Gasteiger partial charge is 0.497 e. The molecule has 2 aromatic rings. The van der Waals surface area contributed by atoms with Crippen molar-refractivity contribution in [3.05, 3.63) is 47.5 Å². The molecular weight excluding hydrogens is 308 g/mol. The Labute approximate surface area is 139 Å². The van der Waals surface area contributed by atoms with Gasteiger partial charge in [-0.05, 0) is 30.7 Å². The summed E-state index contributed by atoms with van der Waals surface area (Å²) in [4.78, 5) is 32.8. The SMILES string of the molecule is COc1ccc2c(c1)[C@H](C(=O)NCc1cnc(C)cn1)CC(=O)N2. The van der Waals surface area contributed by atoms with Crippen LogP contribution >= 0.6 is 0 Å². The van der Waals surface area contributed by atoms with E-state index >= 15 is 0 Å². The molecule has 1 aromatic carbocycles. The smallest absolute Gasteiger partial charge is 0.228 e. The van der Waals surface area contributed by atoms with Crippen LogP contribution in [0.4, 0.5) is 5.69 Å². The first kappa shape index (κ1) is 15.9. The van der Waals surface area contributed by atoms with E-state index in [1.165, 1.54) is 0 Å². The number of benzene rings is 1. The Morgan fingerprint density at radius 3 is 2.92 bits per heavy atom. The van der Waals surface area contributed by atoms with Crippen LogP contribution in [0.2, 0.25) is 0 Å². The van der Waals surface area contributed by atoms with Gasteiger partial charge in [-0.1, -0.05) is 0 Å². The highest BCUT2D eigenvalue weighted by molar-refractivity contribution is 6.01. The summed E-state index contributed by atoms with van der Waals surface area (Å²) in [6, 6.07) is 5.28. The molecule has 1 aliphatic rings. The quantitative estimate of drug-likeness (QED) is 0.889. The Hall–Kier alpha value is -2.96. The first-order valence-electron chi connectivity index (χ1n) is 7.60. The molecule has 0 fully saturated rings. The number of rotatable bonds is 4. The number of ether oxygens (including phenoxy) is 1. The summed E-state index contributed by atoms with van der Waals surface area (Å²) in [5.74, 6) is -0.306. The maximum Gasteiger partial charge on any atom is 0.228 e. The third-order valence-electron chi connectivity index (χ3n) is 3.89. The van der Waals surface area contributed by atoms with Gasteiger partial charge in [0.25, 0.3) is 0 Å². The molecule has 3 rings (SSSR count). The zero-order valence-electron chi connectivity index (χ0n) is 13.5. The molecule has 0 unspecified atom stereocenters. The highest BCUT2D eigenvalue weighted by atomic mass is 16.5. The van der Waals surface area contributed by atoms with Crippen LogP contribution in [0.5, 0.6) is 5.75 Å². The molecule has 24 heavy (non-hydrogen) atoms. The summed E-state index contributed by atoms with van der Waals surface area (Å²) in [6.45, 7) is 2.11. The van der Waals surface area contributed by atoms with Gasteiger partial charge in [0.05, 0.1) is 37.2 Å². The third kappa shape index (κ3) is 3.34. The van der Waals surface area contributed by atoms with E-state index in [2.05, 4.69) is 20.6 Å². The molecule has 2 heterocycles. The van der Waals surface area contributed by atoms with Crippen molar-refractivity contribution < 1.29 is 14.3 Å². The van der Waals surface area contributed by atoms with Crippen LogP contribution in [-0.4, -0.2) is 28.9 Å². The van der Waals surface area contributed by atoms with E-state index in [1.54, 1.807) is 37.7 Å². The van der Waals surface area contributed by atoms with Crippen molar-refractivity contribution in [1.82, 2.24) is 15.3 Å². The van der Waals surface area contributed by atoms with E-state index in [0.29, 0.717) is 17.1 Å². The molecule has 0 radical (unpaired) electrons. The van der Waals surface area contributed by atoms with Crippen molar-refractivity contribution in [2.75, 3.05) is 12.4 Å². The number of anilines is 1. The molecule has 0 saturated carbocycles. The van der Waals surface area contributed by atoms with Crippen molar-refractivity contribution in [2.45, 2.75) is 25.8 Å². The number of nitrogens with one attached hydrogen (secondary N) is 2. The summed E-state index contributed by atoms with van der Waals surface area (Å²) in [7, 11) is 1.56. The highest BCUT2D eigenvalue weighted by Crippen LogP contribution is 2.35. The molecule has 2 amide bonds. The molecule has 1 aromatic heterocycles. The first-order chi connectivity index (χ1) is 11.6. The average molecular weight is 326 g/mol. The number of aromatic nitrogens is 2. The van der Waals surface area contributed by atoms with Gasteiger partial charge in [0.1, 0.15) is 5.75 Å². The predicted octanol–water partition coefficient (Wildman–Crippen LogP) is 1.54. The zero-order chi connectivity index (χ0) is 17.1. The standard InChI is InChI=1S/C17H18N4O3/c1-10-7-19-11(8-18-10)9-20-17(23)14-6-16(22)21-15-4-3-12(24-2)5-13(14)15/h3-5,7-8,14H,6,9H2,1-2H3,(H,20,23)(H,21,22)/t14-/m1/s1. The number of amides is 2. The lowest BCUT2D eigenvalue weighted by atomic mass is 9.89. The van der Waals surface area contributed by atoms with E-state index in [0.717, 1.165) is 11.3 Å². The predicted molar refractivity (Wildman–Crippen MR) is 87.6 cm³/mol. The summed E-state index contributed by atoms with van der Waals surface area (Å²) >= 11 is 0. The van der Waals surface area contributed by atoms with Crippen molar-refractivity contribution in [2.24, 2.45) is 0 Å². The minimum Gasteiger partial charge on any atom is -0.497 e. The number of carbonyl (C=O) groups is 2. The van der Waals surface area contributed by atoms with Crippen molar-refractivity contribution in [3.8, 4) is 5.75 Å². The minimum atomic E-state index is -0.553. The molecular formula is C17H18N4O3. The number of methoxy groups -OCH3 is 1. The van der Waals surface area contributed by atoms with E-state index in [1.807, 2.05) is 6.92 Å². The fraction of sp³-hybridized carbons (Fsp3) is 0.294. The molecule has 124 valence electrons. The van der Waals surface area contributed by atoms with E-state index in [-0.39, 0.29) is 24.8 Å². The Morgan fingerprint density at radius 2 is 2.21 bits per heavy atom. The molecule has 1 aliphatic heterocycles. The van der Waals surface area contributed by atoms with Crippen molar-refractivity contribution >= 4 is 17.5 Å². The Bertz CT molecular complexity index is 774. The molecule has 0 bridgehead atoms. The molecule has 1 atom stereocenters. The van der Waals surface area contributed by atoms with Crippen LogP contribution in [0, 0.1) is 6.92 Å². The molecule has 0 saturated heterocycles. The molecule has 0 aliphatic carbocycles. The highest BCUT2D eigenvalue weighted by Gasteiger charge is 2.31. The van der Waals surface area contributed by atoms with Gasteiger partial charge < -0.3 is 15.4 Å². The summed E-state index contributed by atoms with van der Waals surface area (Å²) in [5, 5.41) is 5.60. The van der Waals surface area contributed by atoms with Gasteiger partial charge in [-0.3, -0.25) is 19.6 Å². The number of hydrogen-bond donors (Lipinski definition) is 2. The number of aryl methyl sites for hydroxylation is 1. The van der Waals surface area contributed by atoms with Crippen LogP contribution < -0.4 is 15.4 Å². The second kappa shape index (κ2) is 6.66. The van der Waals surface area contributed by atoms with Crippen LogP contribution in [0.15, 0.2) is 30.6 Å². The summed E-state index contributed by atoms with van der Waals surface area (Å²) < 4.78 is 5.21. The first-order valence-corrected chi connectivity index (χ1v) is 7.60.